The normalized spacial score (nSPS) is 11.9. The van der Waals surface area contributed by atoms with Crippen molar-refractivity contribution in [2.24, 2.45) is 5.41 Å². The van der Waals surface area contributed by atoms with E-state index < -0.39 is 0 Å². The zero-order valence-corrected chi connectivity index (χ0v) is 9.91. The van der Waals surface area contributed by atoms with E-state index in [1.165, 1.54) is 0 Å². The van der Waals surface area contributed by atoms with Crippen molar-refractivity contribution in [2.45, 2.75) is 13.8 Å². The molecule has 0 saturated heterocycles. The van der Waals surface area contributed by atoms with Crippen LogP contribution in [-0.2, 0) is 0 Å². The van der Waals surface area contributed by atoms with Gasteiger partial charge in [0.25, 0.3) is 5.91 Å². The third-order valence-electron chi connectivity index (χ3n) is 2.64. The Morgan fingerprint density at radius 1 is 1.59 bits per heavy atom. The Balaban J connectivity index is 2.03. The van der Waals surface area contributed by atoms with Crippen LogP contribution in [0.15, 0.2) is 22.8 Å². The Labute approximate surface area is 98.8 Å². The van der Waals surface area contributed by atoms with E-state index in [9.17, 15) is 4.79 Å². The maximum atomic E-state index is 11.8. The first kappa shape index (κ1) is 11.7. The molecule has 0 unspecified atom stereocenters. The molecule has 92 valence electrons. The fourth-order valence-corrected chi connectivity index (χ4v) is 1.44. The van der Waals surface area contributed by atoms with Gasteiger partial charge in [0.1, 0.15) is 5.69 Å². The zero-order chi connectivity index (χ0) is 12.5. The van der Waals surface area contributed by atoms with Crippen molar-refractivity contribution in [1.82, 2.24) is 10.3 Å². The van der Waals surface area contributed by atoms with Crippen LogP contribution < -0.4 is 5.32 Å². The van der Waals surface area contributed by atoms with E-state index in [4.69, 9.17) is 9.52 Å². The number of carbonyl (C=O) groups is 1. The Kier molecular flexibility index (Phi) is 2.93. The molecule has 0 aromatic carbocycles. The van der Waals surface area contributed by atoms with Crippen LogP contribution in [-0.4, -0.2) is 29.1 Å². The van der Waals surface area contributed by atoms with Crippen LogP contribution in [0.5, 0.6) is 0 Å². The van der Waals surface area contributed by atoms with Gasteiger partial charge in [-0.1, -0.05) is 13.8 Å². The number of hydrogen-bond donors (Lipinski definition) is 3. The Hall–Kier alpha value is -1.75. The van der Waals surface area contributed by atoms with Gasteiger partial charge in [-0.2, -0.15) is 0 Å². The molecule has 2 aromatic heterocycles. The van der Waals surface area contributed by atoms with Gasteiger partial charge in [0.15, 0.2) is 5.58 Å². The van der Waals surface area contributed by atoms with E-state index in [1.807, 2.05) is 13.8 Å². The average Bonchev–Trinajstić information content (AvgIpc) is 2.86. The summed E-state index contributed by atoms with van der Waals surface area (Å²) < 4.78 is 5.16. The van der Waals surface area contributed by atoms with Gasteiger partial charge in [-0.25, -0.2) is 0 Å². The van der Waals surface area contributed by atoms with Crippen LogP contribution in [0, 0.1) is 5.41 Å². The lowest BCUT2D eigenvalue weighted by Gasteiger charge is -2.21. The SMILES string of the molecule is CC(C)(CO)CNC(=O)c1cc2occc2[nH]1. The summed E-state index contributed by atoms with van der Waals surface area (Å²) >= 11 is 0. The molecule has 0 aliphatic heterocycles. The van der Waals surface area contributed by atoms with Crippen LogP contribution >= 0.6 is 0 Å². The summed E-state index contributed by atoms with van der Waals surface area (Å²) in [6.45, 7) is 4.21. The third-order valence-corrected chi connectivity index (χ3v) is 2.64. The van der Waals surface area contributed by atoms with Gasteiger partial charge in [0.05, 0.1) is 11.8 Å². The first-order chi connectivity index (χ1) is 8.02. The van der Waals surface area contributed by atoms with Gasteiger partial charge in [-0.15, -0.1) is 0 Å². The predicted octanol–water partition coefficient (Wildman–Crippen LogP) is 1.51. The highest BCUT2D eigenvalue weighted by atomic mass is 16.3. The summed E-state index contributed by atoms with van der Waals surface area (Å²) in [6.07, 6.45) is 1.57. The number of aliphatic hydroxyl groups is 1. The second-order valence-electron chi connectivity index (χ2n) is 4.89. The van der Waals surface area contributed by atoms with E-state index in [-0.39, 0.29) is 17.9 Å². The number of aromatic nitrogens is 1. The van der Waals surface area contributed by atoms with E-state index >= 15 is 0 Å². The number of nitrogens with one attached hydrogen (secondary N) is 2. The first-order valence-electron chi connectivity index (χ1n) is 5.47. The number of H-pyrrole nitrogens is 1. The topological polar surface area (TPSA) is 78.3 Å². The number of rotatable bonds is 4. The minimum absolute atomic E-state index is 0.0281. The summed E-state index contributed by atoms with van der Waals surface area (Å²) in [5.74, 6) is -0.196. The van der Waals surface area contributed by atoms with Crippen molar-refractivity contribution >= 4 is 17.0 Å². The van der Waals surface area contributed by atoms with Gasteiger partial charge in [-0.05, 0) is 0 Å². The lowest BCUT2D eigenvalue weighted by molar-refractivity contribution is 0.0907. The second kappa shape index (κ2) is 4.25. The standard InChI is InChI=1S/C12H16N2O3/c1-12(2,7-15)6-13-11(16)9-5-10-8(14-9)3-4-17-10/h3-5,14-15H,6-7H2,1-2H3,(H,13,16). The number of amides is 1. The van der Waals surface area contributed by atoms with Crippen LogP contribution in [0.2, 0.25) is 0 Å². The first-order valence-corrected chi connectivity index (χ1v) is 5.47. The molecule has 0 fully saturated rings. The summed E-state index contributed by atoms with van der Waals surface area (Å²) in [5, 5.41) is 11.9. The number of aliphatic hydroxyl groups excluding tert-OH is 1. The van der Waals surface area contributed by atoms with Crippen molar-refractivity contribution in [1.29, 1.82) is 0 Å². The molecule has 0 saturated carbocycles. The maximum absolute atomic E-state index is 11.8. The molecule has 5 nitrogen and oxygen atoms in total. The van der Waals surface area contributed by atoms with Crippen molar-refractivity contribution in [3.8, 4) is 0 Å². The van der Waals surface area contributed by atoms with Gasteiger partial charge >= 0.3 is 0 Å². The van der Waals surface area contributed by atoms with Crippen LogP contribution in [0.1, 0.15) is 24.3 Å². The van der Waals surface area contributed by atoms with E-state index in [0.29, 0.717) is 17.8 Å². The van der Waals surface area contributed by atoms with Crippen LogP contribution in [0.3, 0.4) is 0 Å². The molecule has 17 heavy (non-hydrogen) atoms. The molecule has 0 aliphatic rings. The molecule has 1 amide bonds. The number of aromatic amines is 1. The van der Waals surface area contributed by atoms with Crippen molar-refractivity contribution in [2.75, 3.05) is 13.2 Å². The molecule has 2 heterocycles. The van der Waals surface area contributed by atoms with Gasteiger partial charge in [0, 0.05) is 30.7 Å². The quantitative estimate of drug-likeness (QED) is 0.753. The summed E-state index contributed by atoms with van der Waals surface area (Å²) in [5.41, 5.74) is 1.61. The second-order valence-corrected chi connectivity index (χ2v) is 4.89. The highest BCUT2D eigenvalue weighted by Gasteiger charge is 2.19. The highest BCUT2D eigenvalue weighted by molar-refractivity contribution is 5.96. The molecular formula is C12H16N2O3. The van der Waals surface area contributed by atoms with E-state index in [2.05, 4.69) is 10.3 Å². The van der Waals surface area contributed by atoms with Gasteiger partial charge in [-0.3, -0.25) is 4.79 Å². The Bertz CT molecular complexity index is 496. The largest absolute Gasteiger partial charge is 0.463 e. The smallest absolute Gasteiger partial charge is 0.267 e. The molecule has 0 spiro atoms. The molecule has 0 bridgehead atoms. The number of hydrogen-bond acceptors (Lipinski definition) is 3. The third kappa shape index (κ3) is 2.50. The molecule has 2 aromatic rings. The molecule has 0 radical (unpaired) electrons. The fourth-order valence-electron chi connectivity index (χ4n) is 1.44. The van der Waals surface area contributed by atoms with Gasteiger partial charge in [0.2, 0.25) is 0 Å². The van der Waals surface area contributed by atoms with Crippen molar-refractivity contribution < 1.29 is 14.3 Å². The molecule has 0 atom stereocenters. The lowest BCUT2D eigenvalue weighted by Crippen LogP contribution is -2.36. The maximum Gasteiger partial charge on any atom is 0.267 e. The van der Waals surface area contributed by atoms with E-state index in [1.54, 1.807) is 18.4 Å². The molecule has 2 rings (SSSR count). The molecule has 0 aliphatic carbocycles. The van der Waals surface area contributed by atoms with Crippen LogP contribution in [0.4, 0.5) is 0 Å². The molecule has 3 N–H and O–H groups in total. The summed E-state index contributed by atoms with van der Waals surface area (Å²) in [7, 11) is 0. The molecule has 5 heteroatoms. The fraction of sp³-hybridized carbons (Fsp3) is 0.417. The average molecular weight is 236 g/mol. The van der Waals surface area contributed by atoms with Crippen molar-refractivity contribution in [3.05, 3.63) is 24.1 Å². The zero-order valence-electron chi connectivity index (χ0n) is 9.91. The highest BCUT2D eigenvalue weighted by Crippen LogP contribution is 2.16. The Morgan fingerprint density at radius 3 is 3.00 bits per heavy atom. The van der Waals surface area contributed by atoms with Crippen molar-refractivity contribution in [3.63, 3.8) is 0 Å². The Morgan fingerprint density at radius 2 is 2.35 bits per heavy atom. The van der Waals surface area contributed by atoms with E-state index in [0.717, 1.165) is 5.52 Å². The molecular weight excluding hydrogens is 220 g/mol. The number of carbonyl (C=O) groups excluding carboxylic acids is 1. The predicted molar refractivity (Wildman–Crippen MR) is 63.8 cm³/mol. The van der Waals surface area contributed by atoms with Crippen LogP contribution in [0.25, 0.3) is 11.1 Å². The minimum Gasteiger partial charge on any atom is -0.463 e. The lowest BCUT2D eigenvalue weighted by atomic mass is 9.95. The van der Waals surface area contributed by atoms with Gasteiger partial charge < -0.3 is 19.8 Å². The number of fused-ring (bicyclic) bond motifs is 1. The summed E-state index contributed by atoms with van der Waals surface area (Å²) in [4.78, 5) is 14.8. The number of furan rings is 1. The monoisotopic (exact) mass is 236 g/mol. The summed E-state index contributed by atoms with van der Waals surface area (Å²) in [6, 6.07) is 3.43. The minimum atomic E-state index is -0.318.